The summed E-state index contributed by atoms with van der Waals surface area (Å²) in [4.78, 5) is 25.0. The van der Waals surface area contributed by atoms with Gasteiger partial charge in [0.1, 0.15) is 5.82 Å². The van der Waals surface area contributed by atoms with Crippen LogP contribution in [0.1, 0.15) is 23.0 Å². The SMILES string of the molecule is CCOC(=O)c1nn(C)c(=O)c(C)c1Nc1ccc(SC)cc1F. The van der Waals surface area contributed by atoms with E-state index in [2.05, 4.69) is 10.4 Å². The van der Waals surface area contributed by atoms with E-state index >= 15 is 0 Å². The van der Waals surface area contributed by atoms with Crippen LogP contribution in [-0.4, -0.2) is 28.6 Å². The maximum Gasteiger partial charge on any atom is 0.360 e. The predicted molar refractivity (Wildman–Crippen MR) is 91.6 cm³/mol. The molecule has 0 atom stereocenters. The molecular weight excluding hydrogens is 333 g/mol. The van der Waals surface area contributed by atoms with Crippen LogP contribution in [0.3, 0.4) is 0 Å². The van der Waals surface area contributed by atoms with Crippen LogP contribution in [0.2, 0.25) is 0 Å². The molecular formula is C16H18FN3O3S. The number of anilines is 2. The van der Waals surface area contributed by atoms with E-state index in [1.807, 2.05) is 6.26 Å². The first-order valence-corrected chi connectivity index (χ1v) is 8.47. The summed E-state index contributed by atoms with van der Waals surface area (Å²) in [7, 11) is 1.44. The zero-order chi connectivity index (χ0) is 17.9. The number of esters is 1. The van der Waals surface area contributed by atoms with Crippen molar-refractivity contribution in [3.05, 3.63) is 45.6 Å². The van der Waals surface area contributed by atoms with Crippen LogP contribution in [0, 0.1) is 12.7 Å². The molecule has 1 heterocycles. The Morgan fingerprint density at radius 1 is 1.46 bits per heavy atom. The van der Waals surface area contributed by atoms with Crippen LogP contribution < -0.4 is 10.9 Å². The first-order chi connectivity index (χ1) is 11.4. The lowest BCUT2D eigenvalue weighted by Crippen LogP contribution is -2.27. The third kappa shape index (κ3) is 3.59. The summed E-state index contributed by atoms with van der Waals surface area (Å²) in [6, 6.07) is 4.66. The molecule has 0 saturated carbocycles. The van der Waals surface area contributed by atoms with Crippen molar-refractivity contribution in [2.24, 2.45) is 7.05 Å². The van der Waals surface area contributed by atoms with Crippen molar-refractivity contribution in [1.82, 2.24) is 9.78 Å². The fourth-order valence-corrected chi connectivity index (χ4v) is 2.55. The largest absolute Gasteiger partial charge is 0.461 e. The van der Waals surface area contributed by atoms with E-state index < -0.39 is 11.8 Å². The molecule has 0 spiro atoms. The number of halogens is 1. The zero-order valence-electron chi connectivity index (χ0n) is 13.8. The van der Waals surface area contributed by atoms with Gasteiger partial charge in [-0.25, -0.2) is 13.9 Å². The average Bonchev–Trinajstić information content (AvgIpc) is 2.56. The first-order valence-electron chi connectivity index (χ1n) is 7.24. The normalized spacial score (nSPS) is 10.5. The van der Waals surface area contributed by atoms with Gasteiger partial charge in [0, 0.05) is 17.5 Å². The Labute approximate surface area is 143 Å². The van der Waals surface area contributed by atoms with E-state index in [-0.39, 0.29) is 34.8 Å². The minimum atomic E-state index is -0.681. The van der Waals surface area contributed by atoms with E-state index in [4.69, 9.17) is 4.74 Å². The lowest BCUT2D eigenvalue weighted by atomic mass is 10.2. The van der Waals surface area contributed by atoms with Gasteiger partial charge in [0.2, 0.25) is 0 Å². The molecule has 0 aliphatic rings. The lowest BCUT2D eigenvalue weighted by molar-refractivity contribution is 0.0517. The molecule has 128 valence electrons. The Bertz CT molecular complexity index is 836. The van der Waals surface area contributed by atoms with E-state index in [1.165, 1.54) is 24.9 Å². The third-order valence-electron chi connectivity index (χ3n) is 3.38. The zero-order valence-corrected chi connectivity index (χ0v) is 14.7. The van der Waals surface area contributed by atoms with Crippen molar-refractivity contribution in [2.75, 3.05) is 18.2 Å². The molecule has 1 aromatic heterocycles. The van der Waals surface area contributed by atoms with Gasteiger partial charge in [-0.05, 0) is 38.3 Å². The smallest absolute Gasteiger partial charge is 0.360 e. The van der Waals surface area contributed by atoms with Crippen molar-refractivity contribution < 1.29 is 13.9 Å². The molecule has 2 aromatic rings. The van der Waals surface area contributed by atoms with Crippen LogP contribution >= 0.6 is 11.8 Å². The van der Waals surface area contributed by atoms with Crippen molar-refractivity contribution in [2.45, 2.75) is 18.7 Å². The average molecular weight is 351 g/mol. The summed E-state index contributed by atoms with van der Waals surface area (Å²) in [6.07, 6.45) is 1.84. The highest BCUT2D eigenvalue weighted by Crippen LogP contribution is 2.27. The Kier molecular flexibility index (Phi) is 5.61. The van der Waals surface area contributed by atoms with Gasteiger partial charge in [0.25, 0.3) is 5.56 Å². The second kappa shape index (κ2) is 7.48. The summed E-state index contributed by atoms with van der Waals surface area (Å²) in [5.74, 6) is -1.17. The molecule has 0 unspecified atom stereocenters. The van der Waals surface area contributed by atoms with Crippen LogP contribution in [-0.2, 0) is 11.8 Å². The van der Waals surface area contributed by atoms with Crippen molar-refractivity contribution in [1.29, 1.82) is 0 Å². The molecule has 0 aliphatic carbocycles. The number of benzene rings is 1. The van der Waals surface area contributed by atoms with E-state index in [1.54, 1.807) is 26.0 Å². The summed E-state index contributed by atoms with van der Waals surface area (Å²) >= 11 is 1.41. The molecule has 0 aliphatic heterocycles. The van der Waals surface area contributed by atoms with Crippen molar-refractivity contribution in [3.8, 4) is 0 Å². The highest BCUT2D eigenvalue weighted by atomic mass is 32.2. The summed E-state index contributed by atoms with van der Waals surface area (Å²) in [5.41, 5.74) is 0.101. The Hall–Kier alpha value is -2.35. The minimum absolute atomic E-state index is 0.0650. The number of hydrogen-bond donors (Lipinski definition) is 1. The number of carbonyl (C=O) groups is 1. The number of rotatable bonds is 5. The predicted octanol–water partition coefficient (Wildman–Crippen LogP) is 2.87. The van der Waals surface area contributed by atoms with Crippen molar-refractivity contribution in [3.63, 3.8) is 0 Å². The molecule has 0 fully saturated rings. The maximum atomic E-state index is 14.2. The second-order valence-corrected chi connectivity index (χ2v) is 5.85. The van der Waals surface area contributed by atoms with Gasteiger partial charge in [-0.3, -0.25) is 4.79 Å². The molecule has 6 nitrogen and oxygen atoms in total. The molecule has 1 aromatic carbocycles. The number of aryl methyl sites for hydroxylation is 1. The van der Waals surface area contributed by atoms with E-state index in [9.17, 15) is 14.0 Å². The second-order valence-electron chi connectivity index (χ2n) is 4.97. The standard InChI is InChI=1S/C16H18FN3O3S/c1-5-23-16(22)14-13(9(2)15(21)20(3)19-14)18-12-7-6-10(24-4)8-11(12)17/h6-8,18H,5H2,1-4H3. The van der Waals surface area contributed by atoms with Gasteiger partial charge in [-0.15, -0.1) is 11.8 Å². The Morgan fingerprint density at radius 3 is 2.75 bits per heavy atom. The molecule has 0 amide bonds. The summed E-state index contributed by atoms with van der Waals surface area (Å²) in [6.45, 7) is 3.38. The maximum absolute atomic E-state index is 14.2. The van der Waals surface area contributed by atoms with E-state index in [0.717, 1.165) is 9.58 Å². The van der Waals surface area contributed by atoms with Crippen LogP contribution in [0.4, 0.5) is 15.8 Å². The van der Waals surface area contributed by atoms with Crippen LogP contribution in [0.5, 0.6) is 0 Å². The topological polar surface area (TPSA) is 73.2 Å². The van der Waals surface area contributed by atoms with Gasteiger partial charge in [0.05, 0.1) is 18.0 Å². The lowest BCUT2D eigenvalue weighted by Gasteiger charge is -2.15. The number of nitrogens with one attached hydrogen (secondary N) is 1. The van der Waals surface area contributed by atoms with Gasteiger partial charge in [0.15, 0.2) is 5.69 Å². The molecule has 0 radical (unpaired) electrons. The number of aromatic nitrogens is 2. The fraction of sp³-hybridized carbons (Fsp3) is 0.312. The van der Waals surface area contributed by atoms with E-state index in [0.29, 0.717) is 0 Å². The third-order valence-corrected chi connectivity index (χ3v) is 4.11. The van der Waals surface area contributed by atoms with Gasteiger partial charge >= 0.3 is 5.97 Å². The summed E-state index contributed by atoms with van der Waals surface area (Å²) < 4.78 is 20.2. The van der Waals surface area contributed by atoms with Crippen molar-refractivity contribution >= 4 is 29.1 Å². The fourth-order valence-electron chi connectivity index (χ4n) is 2.13. The van der Waals surface area contributed by atoms with Gasteiger partial charge < -0.3 is 10.1 Å². The number of carbonyl (C=O) groups excluding carboxylic acids is 1. The molecule has 8 heteroatoms. The monoisotopic (exact) mass is 351 g/mol. The first kappa shape index (κ1) is 18.0. The molecule has 1 N–H and O–H groups in total. The minimum Gasteiger partial charge on any atom is -0.461 e. The highest BCUT2D eigenvalue weighted by Gasteiger charge is 2.21. The Morgan fingerprint density at radius 2 is 2.17 bits per heavy atom. The van der Waals surface area contributed by atoms with Crippen LogP contribution in [0.25, 0.3) is 0 Å². The van der Waals surface area contributed by atoms with Gasteiger partial charge in [-0.1, -0.05) is 0 Å². The van der Waals surface area contributed by atoms with Gasteiger partial charge in [-0.2, -0.15) is 5.10 Å². The number of ether oxygens (including phenoxy) is 1. The number of hydrogen-bond acceptors (Lipinski definition) is 6. The van der Waals surface area contributed by atoms with Crippen LogP contribution in [0.15, 0.2) is 27.9 Å². The Balaban J connectivity index is 2.54. The summed E-state index contributed by atoms with van der Waals surface area (Å²) in [5, 5.41) is 6.76. The molecule has 0 saturated heterocycles. The quantitative estimate of drug-likeness (QED) is 0.660. The number of nitrogens with zero attached hydrogens (tertiary/aromatic N) is 2. The molecule has 2 rings (SSSR count). The molecule has 24 heavy (non-hydrogen) atoms. The highest BCUT2D eigenvalue weighted by molar-refractivity contribution is 7.98. The number of thioether (sulfide) groups is 1. The molecule has 0 bridgehead atoms.